The van der Waals surface area contributed by atoms with Crippen molar-refractivity contribution in [2.75, 3.05) is 0 Å². The second-order valence-electron chi connectivity index (χ2n) is 5.73. The predicted octanol–water partition coefficient (Wildman–Crippen LogP) is 4.21. The molecule has 0 radical (unpaired) electrons. The SMILES string of the molecule is FC(F)(F)c1cccc(C#Cc2ccc3nnc(-c4ccncc4)n3c2)c1. The minimum absolute atomic E-state index is 0.294. The second kappa shape index (κ2) is 6.57. The van der Waals surface area contributed by atoms with Gasteiger partial charge in [0.25, 0.3) is 0 Å². The van der Waals surface area contributed by atoms with E-state index in [-0.39, 0.29) is 0 Å². The van der Waals surface area contributed by atoms with Gasteiger partial charge in [-0.15, -0.1) is 10.2 Å². The third-order valence-corrected chi connectivity index (χ3v) is 3.88. The summed E-state index contributed by atoms with van der Waals surface area (Å²) in [7, 11) is 0. The van der Waals surface area contributed by atoms with Crippen LogP contribution in [0, 0.1) is 11.8 Å². The van der Waals surface area contributed by atoms with Crippen molar-refractivity contribution in [3.8, 4) is 23.2 Å². The van der Waals surface area contributed by atoms with Crippen LogP contribution in [-0.2, 0) is 6.18 Å². The average molecular weight is 364 g/mol. The number of aromatic nitrogens is 4. The highest BCUT2D eigenvalue weighted by molar-refractivity contribution is 5.59. The molecule has 0 amide bonds. The third kappa shape index (κ3) is 3.51. The molecule has 0 aliphatic rings. The van der Waals surface area contributed by atoms with Crippen LogP contribution in [0.5, 0.6) is 0 Å². The second-order valence-corrected chi connectivity index (χ2v) is 5.73. The molecule has 4 rings (SSSR count). The Morgan fingerprint density at radius 2 is 1.63 bits per heavy atom. The van der Waals surface area contributed by atoms with E-state index < -0.39 is 11.7 Å². The lowest BCUT2D eigenvalue weighted by Gasteiger charge is -2.05. The molecule has 0 saturated heterocycles. The molecule has 7 heteroatoms. The highest BCUT2D eigenvalue weighted by Crippen LogP contribution is 2.29. The number of fused-ring (bicyclic) bond motifs is 1. The average Bonchev–Trinajstić information content (AvgIpc) is 3.10. The molecule has 1 aromatic carbocycles. The Hall–Kier alpha value is -3.66. The first-order valence-electron chi connectivity index (χ1n) is 7.95. The summed E-state index contributed by atoms with van der Waals surface area (Å²) < 4.78 is 40.2. The Bertz CT molecular complexity index is 1170. The van der Waals surface area contributed by atoms with Crippen molar-refractivity contribution in [1.29, 1.82) is 0 Å². The monoisotopic (exact) mass is 364 g/mol. The fraction of sp³-hybridized carbons (Fsp3) is 0.0500. The Morgan fingerprint density at radius 3 is 2.41 bits per heavy atom. The summed E-state index contributed by atoms with van der Waals surface area (Å²) in [5, 5.41) is 8.29. The van der Waals surface area contributed by atoms with Crippen molar-refractivity contribution in [3.05, 3.63) is 83.8 Å². The topological polar surface area (TPSA) is 43.1 Å². The van der Waals surface area contributed by atoms with E-state index in [0.717, 1.165) is 17.7 Å². The van der Waals surface area contributed by atoms with Crippen LogP contribution in [0.4, 0.5) is 13.2 Å². The summed E-state index contributed by atoms with van der Waals surface area (Å²) in [6.45, 7) is 0. The van der Waals surface area contributed by atoms with Gasteiger partial charge in [0.1, 0.15) is 0 Å². The van der Waals surface area contributed by atoms with Gasteiger partial charge in [0.2, 0.25) is 0 Å². The maximum atomic E-state index is 12.8. The first kappa shape index (κ1) is 16.8. The lowest BCUT2D eigenvalue weighted by Crippen LogP contribution is -2.04. The quantitative estimate of drug-likeness (QED) is 0.475. The molecule has 0 fully saturated rings. The normalized spacial score (nSPS) is 11.2. The number of hydrogen-bond donors (Lipinski definition) is 0. The van der Waals surface area contributed by atoms with E-state index in [4.69, 9.17) is 0 Å². The molecule has 0 aliphatic heterocycles. The van der Waals surface area contributed by atoms with Crippen molar-refractivity contribution in [1.82, 2.24) is 19.6 Å². The number of nitrogens with zero attached hydrogens (tertiary/aromatic N) is 4. The van der Waals surface area contributed by atoms with Gasteiger partial charge < -0.3 is 0 Å². The highest BCUT2D eigenvalue weighted by Gasteiger charge is 2.30. The van der Waals surface area contributed by atoms with Crippen molar-refractivity contribution in [2.45, 2.75) is 6.18 Å². The molecule has 4 aromatic rings. The number of hydrogen-bond acceptors (Lipinski definition) is 3. The smallest absolute Gasteiger partial charge is 0.281 e. The molecular weight excluding hydrogens is 353 g/mol. The number of alkyl halides is 3. The number of pyridine rings is 2. The van der Waals surface area contributed by atoms with Gasteiger partial charge in [-0.05, 0) is 42.5 Å². The largest absolute Gasteiger partial charge is 0.416 e. The van der Waals surface area contributed by atoms with Gasteiger partial charge in [-0.1, -0.05) is 17.9 Å². The molecule has 0 bridgehead atoms. The minimum Gasteiger partial charge on any atom is -0.281 e. The lowest BCUT2D eigenvalue weighted by molar-refractivity contribution is -0.137. The molecule has 27 heavy (non-hydrogen) atoms. The molecular formula is C20H11F3N4. The third-order valence-electron chi connectivity index (χ3n) is 3.88. The minimum atomic E-state index is -4.39. The van der Waals surface area contributed by atoms with Gasteiger partial charge in [-0.25, -0.2) is 0 Å². The van der Waals surface area contributed by atoms with Gasteiger partial charge >= 0.3 is 6.18 Å². The van der Waals surface area contributed by atoms with Gasteiger partial charge in [0.15, 0.2) is 11.5 Å². The van der Waals surface area contributed by atoms with E-state index in [9.17, 15) is 13.2 Å². The Labute approximate surface area is 152 Å². The van der Waals surface area contributed by atoms with Gasteiger partial charge in [-0.2, -0.15) is 13.2 Å². The molecule has 3 aromatic heterocycles. The van der Waals surface area contributed by atoms with E-state index in [0.29, 0.717) is 22.6 Å². The predicted molar refractivity (Wildman–Crippen MR) is 93.6 cm³/mol. The summed E-state index contributed by atoms with van der Waals surface area (Å²) in [6.07, 6.45) is 0.686. The van der Waals surface area contributed by atoms with Crippen LogP contribution in [0.1, 0.15) is 16.7 Å². The summed E-state index contributed by atoms with van der Waals surface area (Å²) in [5.74, 6) is 6.30. The molecule has 0 spiro atoms. The van der Waals surface area contributed by atoms with Crippen molar-refractivity contribution in [2.24, 2.45) is 0 Å². The molecule has 0 unspecified atom stereocenters. The van der Waals surface area contributed by atoms with Crippen LogP contribution in [-0.4, -0.2) is 19.6 Å². The molecule has 0 atom stereocenters. The Morgan fingerprint density at radius 1 is 0.852 bits per heavy atom. The van der Waals surface area contributed by atoms with E-state index in [1.807, 2.05) is 12.1 Å². The van der Waals surface area contributed by atoms with Crippen molar-refractivity contribution < 1.29 is 13.2 Å². The van der Waals surface area contributed by atoms with Crippen LogP contribution in [0.2, 0.25) is 0 Å². The molecule has 3 heterocycles. The van der Waals surface area contributed by atoms with Crippen LogP contribution < -0.4 is 0 Å². The lowest BCUT2D eigenvalue weighted by atomic mass is 10.1. The maximum Gasteiger partial charge on any atom is 0.416 e. The van der Waals surface area contributed by atoms with E-state index in [2.05, 4.69) is 27.0 Å². The summed E-state index contributed by atoms with van der Waals surface area (Å²) in [5.41, 5.74) is 1.70. The summed E-state index contributed by atoms with van der Waals surface area (Å²) >= 11 is 0. The van der Waals surface area contributed by atoms with E-state index >= 15 is 0 Å². The first-order chi connectivity index (χ1) is 13.0. The Balaban J connectivity index is 1.71. The van der Waals surface area contributed by atoms with Crippen LogP contribution >= 0.6 is 0 Å². The fourth-order valence-corrected chi connectivity index (χ4v) is 2.58. The van der Waals surface area contributed by atoms with Crippen LogP contribution in [0.3, 0.4) is 0 Å². The zero-order chi connectivity index (χ0) is 18.9. The number of halogens is 3. The van der Waals surface area contributed by atoms with Gasteiger partial charge in [0.05, 0.1) is 5.56 Å². The van der Waals surface area contributed by atoms with Gasteiger partial charge in [0, 0.05) is 35.3 Å². The number of benzene rings is 1. The van der Waals surface area contributed by atoms with Crippen LogP contribution in [0.15, 0.2) is 67.1 Å². The fourth-order valence-electron chi connectivity index (χ4n) is 2.58. The van der Waals surface area contributed by atoms with Crippen molar-refractivity contribution >= 4 is 5.65 Å². The zero-order valence-electron chi connectivity index (χ0n) is 13.8. The molecule has 132 valence electrons. The molecule has 0 saturated carbocycles. The highest BCUT2D eigenvalue weighted by atomic mass is 19.4. The van der Waals surface area contributed by atoms with E-state index in [1.54, 1.807) is 41.2 Å². The zero-order valence-corrected chi connectivity index (χ0v) is 13.8. The summed E-state index contributed by atoms with van der Waals surface area (Å²) in [4.78, 5) is 3.98. The first-order valence-corrected chi connectivity index (χ1v) is 7.95. The standard InChI is InChI=1S/C20H11F3N4/c21-20(22,23)17-3-1-2-14(12-17)4-5-15-6-7-18-25-26-19(27(18)13-15)16-8-10-24-11-9-16/h1-3,6-13H. The van der Waals surface area contributed by atoms with Crippen molar-refractivity contribution in [3.63, 3.8) is 0 Å². The van der Waals surface area contributed by atoms with Gasteiger partial charge in [-0.3, -0.25) is 9.38 Å². The van der Waals surface area contributed by atoms with Crippen LogP contribution in [0.25, 0.3) is 17.0 Å². The van der Waals surface area contributed by atoms with E-state index in [1.165, 1.54) is 6.07 Å². The molecule has 4 nitrogen and oxygen atoms in total. The molecule has 0 aliphatic carbocycles. The Kier molecular flexibility index (Phi) is 4.09. The molecule has 0 N–H and O–H groups in total. The maximum absolute atomic E-state index is 12.8. The summed E-state index contributed by atoms with van der Waals surface area (Å²) in [6, 6.07) is 12.1. The number of rotatable bonds is 1.